The summed E-state index contributed by atoms with van der Waals surface area (Å²) in [4.78, 5) is 18.6. The first-order chi connectivity index (χ1) is 8.84. The van der Waals surface area contributed by atoms with Crippen molar-refractivity contribution in [3.8, 4) is 0 Å². The molecule has 0 aliphatic rings. The number of nitrogens with one attached hydrogen (secondary N) is 2. The Morgan fingerprint density at radius 2 is 2.50 bits per heavy atom. The zero-order valence-electron chi connectivity index (χ0n) is 9.93. The smallest absolute Gasteiger partial charge is 0.244 e. The fourth-order valence-electron chi connectivity index (χ4n) is 1.50. The number of carbonyl (C=O) groups excluding carboxylic acids is 1. The topological polar surface area (TPSA) is 70.9 Å². The number of H-pyrrole nitrogens is 1. The van der Waals surface area contributed by atoms with E-state index in [2.05, 4.69) is 15.3 Å². The number of aromatic amines is 1. The molecule has 0 aliphatic carbocycles. The second-order valence-electron chi connectivity index (χ2n) is 3.78. The standard InChI is InChI=1S/C13H15N3O2/c17-13(6-5-11-3-2-10-18-11)16-7-1-4-12-14-8-9-15-12/h2-3,5-6,8-10H,1,4,7H2,(H,14,15)(H,16,17)/b6-5+. The minimum absolute atomic E-state index is 0.120. The van der Waals surface area contributed by atoms with Gasteiger partial charge in [-0.15, -0.1) is 0 Å². The molecule has 0 unspecified atom stereocenters. The summed E-state index contributed by atoms with van der Waals surface area (Å²) >= 11 is 0. The first kappa shape index (κ1) is 12.2. The number of hydrogen-bond donors (Lipinski definition) is 2. The van der Waals surface area contributed by atoms with Gasteiger partial charge in [0.2, 0.25) is 5.91 Å². The molecule has 18 heavy (non-hydrogen) atoms. The largest absolute Gasteiger partial charge is 0.465 e. The Bertz CT molecular complexity index is 486. The van der Waals surface area contributed by atoms with Crippen molar-refractivity contribution in [1.29, 1.82) is 0 Å². The predicted molar refractivity (Wildman–Crippen MR) is 67.7 cm³/mol. The summed E-state index contributed by atoms with van der Waals surface area (Å²) < 4.78 is 5.08. The molecule has 5 heteroatoms. The molecule has 2 heterocycles. The van der Waals surface area contributed by atoms with Gasteiger partial charge in [0.15, 0.2) is 0 Å². The SMILES string of the molecule is O=C(/C=C/c1ccco1)NCCCc1ncc[nH]1. The highest BCUT2D eigenvalue weighted by Gasteiger charge is 1.97. The van der Waals surface area contributed by atoms with Gasteiger partial charge in [0.05, 0.1) is 6.26 Å². The number of amides is 1. The van der Waals surface area contributed by atoms with Crippen molar-refractivity contribution in [2.45, 2.75) is 12.8 Å². The van der Waals surface area contributed by atoms with Crippen LogP contribution in [0.5, 0.6) is 0 Å². The third kappa shape index (κ3) is 3.93. The minimum atomic E-state index is -0.120. The van der Waals surface area contributed by atoms with Gasteiger partial charge in [-0.3, -0.25) is 4.79 Å². The number of nitrogens with zero attached hydrogens (tertiary/aromatic N) is 1. The first-order valence-corrected chi connectivity index (χ1v) is 5.82. The van der Waals surface area contributed by atoms with Gasteiger partial charge >= 0.3 is 0 Å². The van der Waals surface area contributed by atoms with E-state index < -0.39 is 0 Å². The number of carbonyl (C=O) groups is 1. The molecular formula is C13H15N3O2. The fraction of sp³-hybridized carbons (Fsp3) is 0.231. The lowest BCUT2D eigenvalue weighted by molar-refractivity contribution is -0.116. The zero-order chi connectivity index (χ0) is 12.6. The highest BCUT2D eigenvalue weighted by atomic mass is 16.3. The quantitative estimate of drug-likeness (QED) is 0.601. The lowest BCUT2D eigenvalue weighted by Gasteiger charge is -2.00. The molecule has 0 spiro atoms. The van der Waals surface area contributed by atoms with Crippen LogP contribution in [0.25, 0.3) is 6.08 Å². The average Bonchev–Trinajstić information content (AvgIpc) is 3.04. The molecule has 2 N–H and O–H groups in total. The van der Waals surface area contributed by atoms with Gasteiger partial charge in [0.1, 0.15) is 11.6 Å². The van der Waals surface area contributed by atoms with Crippen molar-refractivity contribution in [1.82, 2.24) is 15.3 Å². The predicted octanol–water partition coefficient (Wildman–Crippen LogP) is 1.76. The molecule has 2 aromatic heterocycles. The van der Waals surface area contributed by atoms with Crippen LogP contribution in [0, 0.1) is 0 Å². The van der Waals surface area contributed by atoms with Crippen LogP contribution in [0.2, 0.25) is 0 Å². The highest BCUT2D eigenvalue weighted by Crippen LogP contribution is 2.01. The summed E-state index contributed by atoms with van der Waals surface area (Å²) in [7, 11) is 0. The maximum Gasteiger partial charge on any atom is 0.244 e. The highest BCUT2D eigenvalue weighted by molar-refractivity contribution is 5.91. The first-order valence-electron chi connectivity index (χ1n) is 5.82. The van der Waals surface area contributed by atoms with Gasteiger partial charge in [-0.25, -0.2) is 4.98 Å². The molecule has 2 aromatic rings. The molecule has 0 fully saturated rings. The van der Waals surface area contributed by atoms with Crippen LogP contribution in [-0.2, 0) is 11.2 Å². The van der Waals surface area contributed by atoms with Crippen LogP contribution in [0.4, 0.5) is 0 Å². The van der Waals surface area contributed by atoms with Crippen LogP contribution in [0.15, 0.2) is 41.3 Å². The lowest BCUT2D eigenvalue weighted by Crippen LogP contribution is -2.22. The number of aryl methyl sites for hydroxylation is 1. The van der Waals surface area contributed by atoms with Crippen molar-refractivity contribution in [2.24, 2.45) is 0 Å². The summed E-state index contributed by atoms with van der Waals surface area (Å²) in [5, 5.41) is 2.80. The summed E-state index contributed by atoms with van der Waals surface area (Å²) in [6, 6.07) is 3.57. The van der Waals surface area contributed by atoms with E-state index in [4.69, 9.17) is 4.42 Å². The van der Waals surface area contributed by atoms with E-state index in [-0.39, 0.29) is 5.91 Å². The number of imidazole rings is 1. The van der Waals surface area contributed by atoms with Crippen LogP contribution in [0.1, 0.15) is 18.0 Å². The van der Waals surface area contributed by atoms with Crippen molar-refractivity contribution in [3.63, 3.8) is 0 Å². The molecule has 94 valence electrons. The van der Waals surface area contributed by atoms with Gasteiger partial charge in [-0.2, -0.15) is 0 Å². The molecule has 0 aliphatic heterocycles. The molecule has 0 bridgehead atoms. The Hall–Kier alpha value is -2.30. The van der Waals surface area contributed by atoms with E-state index in [0.29, 0.717) is 12.3 Å². The van der Waals surface area contributed by atoms with Gasteiger partial charge in [-0.05, 0) is 24.6 Å². The van der Waals surface area contributed by atoms with E-state index in [0.717, 1.165) is 18.7 Å². The van der Waals surface area contributed by atoms with Crippen molar-refractivity contribution >= 4 is 12.0 Å². The van der Waals surface area contributed by atoms with Crippen molar-refractivity contribution in [2.75, 3.05) is 6.54 Å². The van der Waals surface area contributed by atoms with E-state index >= 15 is 0 Å². The van der Waals surface area contributed by atoms with Crippen molar-refractivity contribution < 1.29 is 9.21 Å². The maximum atomic E-state index is 11.4. The Labute approximate surface area is 105 Å². The normalized spacial score (nSPS) is 10.9. The van der Waals surface area contributed by atoms with Crippen LogP contribution in [-0.4, -0.2) is 22.4 Å². The number of rotatable bonds is 6. The van der Waals surface area contributed by atoms with Crippen LogP contribution < -0.4 is 5.32 Å². The molecular weight excluding hydrogens is 230 g/mol. The minimum Gasteiger partial charge on any atom is -0.465 e. The van der Waals surface area contributed by atoms with E-state index in [1.807, 2.05) is 0 Å². The Morgan fingerprint density at radius 3 is 3.22 bits per heavy atom. The summed E-state index contributed by atoms with van der Waals surface area (Å²) in [6.07, 6.45) is 9.87. The molecule has 5 nitrogen and oxygen atoms in total. The molecule has 0 atom stereocenters. The zero-order valence-corrected chi connectivity index (χ0v) is 9.93. The van der Waals surface area contributed by atoms with Gasteiger partial charge in [-0.1, -0.05) is 0 Å². The Morgan fingerprint density at radius 1 is 1.56 bits per heavy atom. The van der Waals surface area contributed by atoms with Gasteiger partial charge in [0.25, 0.3) is 0 Å². The van der Waals surface area contributed by atoms with Crippen LogP contribution in [0.3, 0.4) is 0 Å². The Kier molecular flexibility index (Phi) is 4.35. The Balaban J connectivity index is 1.63. The molecule has 0 saturated carbocycles. The average molecular weight is 245 g/mol. The van der Waals surface area contributed by atoms with Crippen molar-refractivity contribution in [3.05, 3.63) is 48.5 Å². The number of aromatic nitrogens is 2. The monoisotopic (exact) mass is 245 g/mol. The van der Waals surface area contributed by atoms with Crippen LogP contribution >= 0.6 is 0 Å². The molecule has 0 aromatic carbocycles. The second-order valence-corrected chi connectivity index (χ2v) is 3.78. The third-order valence-corrected chi connectivity index (χ3v) is 2.39. The molecule has 2 rings (SSSR count). The van der Waals surface area contributed by atoms with E-state index in [1.165, 1.54) is 6.08 Å². The second kappa shape index (κ2) is 6.44. The summed E-state index contributed by atoms with van der Waals surface area (Å²) in [6.45, 7) is 0.627. The lowest BCUT2D eigenvalue weighted by atomic mass is 10.3. The summed E-state index contributed by atoms with van der Waals surface area (Å²) in [5.41, 5.74) is 0. The fourth-order valence-corrected chi connectivity index (χ4v) is 1.50. The molecule has 0 saturated heterocycles. The number of hydrogen-bond acceptors (Lipinski definition) is 3. The third-order valence-electron chi connectivity index (χ3n) is 2.39. The van der Waals surface area contributed by atoms with E-state index in [1.54, 1.807) is 36.9 Å². The molecule has 0 radical (unpaired) electrons. The summed E-state index contributed by atoms with van der Waals surface area (Å²) in [5.74, 6) is 1.49. The van der Waals surface area contributed by atoms with E-state index in [9.17, 15) is 4.79 Å². The van der Waals surface area contributed by atoms with Gasteiger partial charge < -0.3 is 14.7 Å². The number of furan rings is 1. The maximum absolute atomic E-state index is 11.4. The molecule has 1 amide bonds. The van der Waals surface area contributed by atoms with Gasteiger partial charge in [0, 0.05) is 31.4 Å².